The third-order valence-corrected chi connectivity index (χ3v) is 2.30. The fourth-order valence-electron chi connectivity index (χ4n) is 1.27. The van der Waals surface area contributed by atoms with Crippen molar-refractivity contribution >= 4 is 23.1 Å². The van der Waals surface area contributed by atoms with Crippen LogP contribution in [0.2, 0.25) is 5.15 Å². The van der Waals surface area contributed by atoms with Crippen LogP contribution in [-0.2, 0) is 0 Å². The molecular weight excluding hydrogens is 229 g/mol. The van der Waals surface area contributed by atoms with E-state index in [1.807, 2.05) is 6.92 Å². The monoisotopic (exact) mass is 237 g/mol. The molecule has 0 amide bonds. The minimum atomic E-state index is -0.298. The molecular formula is C11H9ClFN3. The molecule has 1 heterocycles. The number of hydrogen-bond acceptors (Lipinski definition) is 3. The summed E-state index contributed by atoms with van der Waals surface area (Å²) in [6.45, 7) is 1.88. The molecule has 0 atom stereocenters. The highest BCUT2D eigenvalue weighted by Crippen LogP contribution is 2.20. The lowest BCUT2D eigenvalue weighted by molar-refractivity contribution is 0.628. The molecule has 0 aliphatic carbocycles. The summed E-state index contributed by atoms with van der Waals surface area (Å²) in [6.07, 6.45) is 1.35. The summed E-state index contributed by atoms with van der Waals surface area (Å²) in [7, 11) is 0. The molecule has 2 rings (SSSR count). The minimum Gasteiger partial charge on any atom is -0.340 e. The molecule has 0 saturated carbocycles. The van der Waals surface area contributed by atoms with E-state index in [1.165, 1.54) is 18.5 Å². The van der Waals surface area contributed by atoms with E-state index >= 15 is 0 Å². The van der Waals surface area contributed by atoms with E-state index in [0.29, 0.717) is 16.7 Å². The molecule has 0 saturated heterocycles. The van der Waals surface area contributed by atoms with Gasteiger partial charge in [0.05, 0.1) is 0 Å². The lowest BCUT2D eigenvalue weighted by Gasteiger charge is -2.08. The van der Waals surface area contributed by atoms with Crippen molar-refractivity contribution in [3.63, 3.8) is 0 Å². The Labute approximate surface area is 97.3 Å². The van der Waals surface area contributed by atoms with Gasteiger partial charge in [-0.2, -0.15) is 0 Å². The summed E-state index contributed by atoms with van der Waals surface area (Å²) in [6, 6.07) is 6.09. The van der Waals surface area contributed by atoms with Gasteiger partial charge in [-0.25, -0.2) is 14.4 Å². The topological polar surface area (TPSA) is 37.8 Å². The Bertz CT molecular complexity index is 516. The number of aryl methyl sites for hydroxylation is 1. The Morgan fingerprint density at radius 2 is 2.06 bits per heavy atom. The van der Waals surface area contributed by atoms with Gasteiger partial charge in [-0.3, -0.25) is 0 Å². The lowest BCUT2D eigenvalue weighted by atomic mass is 10.2. The summed E-state index contributed by atoms with van der Waals surface area (Å²) in [5, 5.41) is 3.32. The Morgan fingerprint density at radius 3 is 2.81 bits per heavy atom. The predicted octanol–water partition coefficient (Wildman–Crippen LogP) is 3.32. The molecule has 82 valence electrons. The molecule has 0 fully saturated rings. The zero-order valence-electron chi connectivity index (χ0n) is 8.54. The van der Waals surface area contributed by atoms with Crippen LogP contribution in [0.1, 0.15) is 5.56 Å². The molecule has 0 spiro atoms. The van der Waals surface area contributed by atoms with Gasteiger partial charge in [0, 0.05) is 11.8 Å². The second-order valence-electron chi connectivity index (χ2n) is 3.31. The predicted molar refractivity (Wildman–Crippen MR) is 61.5 cm³/mol. The van der Waals surface area contributed by atoms with Crippen LogP contribution < -0.4 is 5.32 Å². The van der Waals surface area contributed by atoms with Gasteiger partial charge in [-0.15, -0.1) is 0 Å². The normalized spacial score (nSPS) is 10.2. The van der Waals surface area contributed by atoms with Crippen molar-refractivity contribution in [3.8, 4) is 0 Å². The molecule has 0 radical (unpaired) electrons. The summed E-state index contributed by atoms with van der Waals surface area (Å²) in [4.78, 5) is 7.74. The second kappa shape index (κ2) is 4.45. The van der Waals surface area contributed by atoms with Crippen LogP contribution >= 0.6 is 11.6 Å². The van der Waals surface area contributed by atoms with Crippen LogP contribution in [0.3, 0.4) is 0 Å². The number of benzene rings is 1. The first kappa shape index (κ1) is 10.8. The van der Waals surface area contributed by atoms with Crippen molar-refractivity contribution in [2.24, 2.45) is 0 Å². The van der Waals surface area contributed by atoms with Gasteiger partial charge >= 0.3 is 0 Å². The highest BCUT2D eigenvalue weighted by atomic mass is 35.5. The fourth-order valence-corrected chi connectivity index (χ4v) is 1.42. The molecule has 2 aromatic rings. The van der Waals surface area contributed by atoms with Crippen molar-refractivity contribution in [1.29, 1.82) is 0 Å². The maximum atomic E-state index is 13.0. The Kier molecular flexibility index (Phi) is 3.01. The molecule has 0 unspecified atom stereocenters. The molecule has 0 aliphatic rings. The first-order chi connectivity index (χ1) is 7.65. The van der Waals surface area contributed by atoms with Crippen molar-refractivity contribution in [2.45, 2.75) is 6.92 Å². The number of aromatic nitrogens is 2. The van der Waals surface area contributed by atoms with E-state index < -0.39 is 0 Å². The highest BCUT2D eigenvalue weighted by molar-refractivity contribution is 6.29. The van der Waals surface area contributed by atoms with Crippen LogP contribution in [0, 0.1) is 12.7 Å². The van der Waals surface area contributed by atoms with E-state index in [1.54, 1.807) is 12.1 Å². The molecule has 1 N–H and O–H groups in total. The van der Waals surface area contributed by atoms with E-state index in [9.17, 15) is 4.39 Å². The quantitative estimate of drug-likeness (QED) is 0.815. The van der Waals surface area contributed by atoms with E-state index in [0.717, 1.165) is 5.56 Å². The van der Waals surface area contributed by atoms with Gasteiger partial charge in [0.2, 0.25) is 0 Å². The summed E-state index contributed by atoms with van der Waals surface area (Å²) >= 11 is 5.72. The van der Waals surface area contributed by atoms with Crippen molar-refractivity contribution in [2.75, 3.05) is 5.32 Å². The number of nitrogens with zero attached hydrogens (tertiary/aromatic N) is 2. The third kappa shape index (κ3) is 2.46. The molecule has 16 heavy (non-hydrogen) atoms. The van der Waals surface area contributed by atoms with Crippen LogP contribution in [0.15, 0.2) is 30.6 Å². The van der Waals surface area contributed by atoms with Gasteiger partial charge in [-0.05, 0) is 24.6 Å². The maximum absolute atomic E-state index is 13.0. The van der Waals surface area contributed by atoms with Crippen LogP contribution in [0.5, 0.6) is 0 Å². The molecule has 1 aromatic heterocycles. The van der Waals surface area contributed by atoms with Crippen LogP contribution in [0.25, 0.3) is 0 Å². The van der Waals surface area contributed by atoms with Gasteiger partial charge < -0.3 is 5.32 Å². The number of anilines is 2. The number of nitrogens with one attached hydrogen (secondary N) is 1. The van der Waals surface area contributed by atoms with E-state index in [4.69, 9.17) is 11.6 Å². The standard InChI is InChI=1S/C11H9ClFN3/c1-7-2-3-8(13)4-9(7)16-11-5-10(12)14-6-15-11/h2-6H,1H3,(H,14,15,16). The summed E-state index contributed by atoms with van der Waals surface area (Å²) < 4.78 is 13.0. The second-order valence-corrected chi connectivity index (χ2v) is 3.70. The van der Waals surface area contributed by atoms with E-state index in [-0.39, 0.29) is 5.82 Å². The molecule has 0 aliphatic heterocycles. The lowest BCUT2D eigenvalue weighted by Crippen LogP contribution is -1.96. The molecule has 5 heteroatoms. The van der Waals surface area contributed by atoms with Gasteiger partial charge in [0.1, 0.15) is 23.1 Å². The average Bonchev–Trinajstić information content (AvgIpc) is 2.24. The van der Waals surface area contributed by atoms with Gasteiger partial charge in [0.25, 0.3) is 0 Å². The van der Waals surface area contributed by atoms with Crippen molar-refractivity contribution in [1.82, 2.24) is 9.97 Å². The Morgan fingerprint density at radius 1 is 1.25 bits per heavy atom. The summed E-state index contributed by atoms with van der Waals surface area (Å²) in [5.41, 5.74) is 1.59. The van der Waals surface area contributed by atoms with Gasteiger partial charge in [-0.1, -0.05) is 17.7 Å². The zero-order chi connectivity index (χ0) is 11.5. The highest BCUT2D eigenvalue weighted by Gasteiger charge is 2.02. The Balaban J connectivity index is 2.30. The van der Waals surface area contributed by atoms with Crippen molar-refractivity contribution < 1.29 is 4.39 Å². The largest absolute Gasteiger partial charge is 0.340 e. The molecule has 3 nitrogen and oxygen atoms in total. The summed E-state index contributed by atoms with van der Waals surface area (Å²) in [5.74, 6) is 0.238. The van der Waals surface area contributed by atoms with Crippen molar-refractivity contribution in [3.05, 3.63) is 47.1 Å². The maximum Gasteiger partial charge on any atom is 0.135 e. The zero-order valence-corrected chi connectivity index (χ0v) is 9.29. The third-order valence-electron chi connectivity index (χ3n) is 2.10. The number of rotatable bonds is 2. The fraction of sp³-hybridized carbons (Fsp3) is 0.0909. The Hall–Kier alpha value is -1.68. The average molecular weight is 238 g/mol. The van der Waals surface area contributed by atoms with E-state index in [2.05, 4.69) is 15.3 Å². The smallest absolute Gasteiger partial charge is 0.135 e. The minimum absolute atomic E-state index is 0.298. The SMILES string of the molecule is Cc1ccc(F)cc1Nc1cc(Cl)ncn1. The first-order valence-electron chi connectivity index (χ1n) is 4.66. The molecule has 0 bridgehead atoms. The first-order valence-corrected chi connectivity index (χ1v) is 5.03. The van der Waals surface area contributed by atoms with Gasteiger partial charge in [0.15, 0.2) is 0 Å². The number of halogens is 2. The van der Waals surface area contributed by atoms with Crippen LogP contribution in [-0.4, -0.2) is 9.97 Å². The van der Waals surface area contributed by atoms with Crippen LogP contribution in [0.4, 0.5) is 15.9 Å². The number of hydrogen-bond donors (Lipinski definition) is 1. The molecule has 1 aromatic carbocycles.